The van der Waals surface area contributed by atoms with Crippen molar-refractivity contribution in [2.45, 2.75) is 52.1 Å². The Bertz CT molecular complexity index is 290. The van der Waals surface area contributed by atoms with Gasteiger partial charge in [-0.25, -0.2) is 0 Å². The Morgan fingerprint density at radius 1 is 1.25 bits per heavy atom. The number of rotatable bonds is 7. The van der Waals surface area contributed by atoms with Crippen LogP contribution < -0.4 is 4.74 Å². The lowest BCUT2D eigenvalue weighted by Crippen LogP contribution is -2.12. The maximum absolute atomic E-state index is 5.64. The van der Waals surface area contributed by atoms with E-state index in [1.165, 1.54) is 25.7 Å². The van der Waals surface area contributed by atoms with Crippen LogP contribution in [0, 0.1) is 0 Å². The summed E-state index contributed by atoms with van der Waals surface area (Å²) in [6, 6.07) is 3.44. The van der Waals surface area contributed by atoms with Crippen molar-refractivity contribution in [3.63, 3.8) is 0 Å². The Hall–Kier alpha value is -0.830. The molecule has 0 spiro atoms. The van der Waals surface area contributed by atoms with E-state index in [9.17, 15) is 0 Å². The molecule has 0 N–H and O–H groups in total. The molecule has 90 valence electrons. The summed E-state index contributed by atoms with van der Waals surface area (Å²) in [4.78, 5) is 0. The molecule has 1 heterocycles. The maximum Gasteiger partial charge on any atom is 0.233 e. The van der Waals surface area contributed by atoms with E-state index in [1.54, 1.807) is 12.1 Å². The van der Waals surface area contributed by atoms with Crippen molar-refractivity contribution < 1.29 is 4.74 Å². The summed E-state index contributed by atoms with van der Waals surface area (Å²) in [7, 11) is 0. The molecule has 0 fully saturated rings. The highest BCUT2D eigenvalue weighted by Gasteiger charge is 2.05. The first-order valence-corrected chi connectivity index (χ1v) is 6.26. The van der Waals surface area contributed by atoms with Crippen molar-refractivity contribution in [2.75, 3.05) is 0 Å². The molecule has 0 bridgehead atoms. The average molecular weight is 243 g/mol. The predicted molar refractivity (Wildman–Crippen MR) is 65.9 cm³/mol. The van der Waals surface area contributed by atoms with Crippen LogP contribution in [0.4, 0.5) is 0 Å². The molecule has 0 saturated carbocycles. The van der Waals surface area contributed by atoms with Gasteiger partial charge in [-0.15, -0.1) is 10.2 Å². The Labute approximate surface area is 102 Å². The van der Waals surface area contributed by atoms with Crippen LogP contribution in [-0.2, 0) is 0 Å². The van der Waals surface area contributed by atoms with E-state index >= 15 is 0 Å². The second kappa shape index (κ2) is 7.44. The fourth-order valence-corrected chi connectivity index (χ4v) is 1.59. The Morgan fingerprint density at radius 2 is 2.06 bits per heavy atom. The molecule has 0 aromatic carbocycles. The van der Waals surface area contributed by atoms with Crippen LogP contribution in [0.15, 0.2) is 12.1 Å². The standard InChI is InChI=1S/C12H19ClN2O/c1-3-4-5-6-7-10(2)16-12-9-8-11(13)14-15-12/h8-10H,3-7H2,1-2H3. The van der Waals surface area contributed by atoms with E-state index in [4.69, 9.17) is 16.3 Å². The van der Waals surface area contributed by atoms with Crippen LogP contribution in [-0.4, -0.2) is 16.3 Å². The van der Waals surface area contributed by atoms with Crippen molar-refractivity contribution >= 4 is 11.6 Å². The summed E-state index contributed by atoms with van der Waals surface area (Å²) in [6.07, 6.45) is 6.29. The molecule has 4 heteroatoms. The average Bonchev–Trinajstić information content (AvgIpc) is 2.28. The minimum absolute atomic E-state index is 0.187. The number of hydrogen-bond donors (Lipinski definition) is 0. The zero-order valence-corrected chi connectivity index (χ0v) is 10.7. The third kappa shape index (κ3) is 5.31. The number of halogens is 1. The molecule has 0 aliphatic rings. The molecule has 1 aromatic heterocycles. The van der Waals surface area contributed by atoms with Crippen LogP contribution in [0.1, 0.15) is 46.0 Å². The second-order valence-electron chi connectivity index (χ2n) is 3.97. The lowest BCUT2D eigenvalue weighted by atomic mass is 10.1. The van der Waals surface area contributed by atoms with Gasteiger partial charge in [0.05, 0.1) is 6.10 Å². The number of ether oxygens (including phenoxy) is 1. The van der Waals surface area contributed by atoms with Crippen LogP contribution in [0.25, 0.3) is 0 Å². The van der Waals surface area contributed by atoms with Gasteiger partial charge in [0, 0.05) is 6.07 Å². The Balaban J connectivity index is 2.23. The number of hydrogen-bond acceptors (Lipinski definition) is 3. The summed E-state index contributed by atoms with van der Waals surface area (Å²) < 4.78 is 5.62. The van der Waals surface area contributed by atoms with Gasteiger partial charge in [-0.2, -0.15) is 0 Å². The number of unbranched alkanes of at least 4 members (excludes halogenated alkanes) is 3. The molecule has 1 unspecified atom stereocenters. The SMILES string of the molecule is CCCCCCC(C)Oc1ccc(Cl)nn1. The van der Waals surface area contributed by atoms with E-state index in [0.717, 1.165) is 6.42 Å². The first kappa shape index (κ1) is 13.2. The van der Waals surface area contributed by atoms with Crippen LogP contribution >= 0.6 is 11.6 Å². The largest absolute Gasteiger partial charge is 0.474 e. The molecular formula is C12H19ClN2O. The molecule has 1 rings (SSSR count). The smallest absolute Gasteiger partial charge is 0.233 e. The van der Waals surface area contributed by atoms with Gasteiger partial charge >= 0.3 is 0 Å². The van der Waals surface area contributed by atoms with Crippen molar-refractivity contribution in [3.05, 3.63) is 17.3 Å². The molecule has 0 aliphatic heterocycles. The highest BCUT2D eigenvalue weighted by Crippen LogP contribution is 2.13. The minimum Gasteiger partial charge on any atom is -0.474 e. The highest BCUT2D eigenvalue weighted by molar-refractivity contribution is 6.29. The summed E-state index contributed by atoms with van der Waals surface area (Å²) in [5.74, 6) is 0.549. The predicted octanol–water partition coefficient (Wildman–Crippen LogP) is 3.87. The summed E-state index contributed by atoms with van der Waals surface area (Å²) in [5.41, 5.74) is 0. The highest BCUT2D eigenvalue weighted by atomic mass is 35.5. The number of aromatic nitrogens is 2. The zero-order valence-electron chi connectivity index (χ0n) is 9.95. The van der Waals surface area contributed by atoms with Crippen molar-refractivity contribution in [2.24, 2.45) is 0 Å². The summed E-state index contributed by atoms with van der Waals surface area (Å²) in [5, 5.41) is 7.98. The monoisotopic (exact) mass is 242 g/mol. The third-order valence-corrected chi connectivity index (χ3v) is 2.60. The molecule has 0 amide bonds. The second-order valence-corrected chi connectivity index (χ2v) is 4.36. The van der Waals surface area contributed by atoms with Crippen LogP contribution in [0.2, 0.25) is 5.15 Å². The van der Waals surface area contributed by atoms with Crippen molar-refractivity contribution in [3.8, 4) is 5.88 Å². The molecule has 0 radical (unpaired) electrons. The quantitative estimate of drug-likeness (QED) is 0.681. The fraction of sp³-hybridized carbons (Fsp3) is 0.667. The number of nitrogens with zero attached hydrogens (tertiary/aromatic N) is 2. The van der Waals surface area contributed by atoms with Gasteiger partial charge in [0.2, 0.25) is 5.88 Å². The molecule has 1 aromatic rings. The van der Waals surface area contributed by atoms with E-state index in [1.807, 2.05) is 0 Å². The van der Waals surface area contributed by atoms with E-state index < -0.39 is 0 Å². The van der Waals surface area contributed by atoms with Gasteiger partial charge in [0.25, 0.3) is 0 Å². The summed E-state index contributed by atoms with van der Waals surface area (Å²) in [6.45, 7) is 4.27. The first-order chi connectivity index (χ1) is 7.72. The lowest BCUT2D eigenvalue weighted by molar-refractivity contribution is 0.196. The molecule has 0 aliphatic carbocycles. The van der Waals surface area contributed by atoms with Crippen molar-refractivity contribution in [1.29, 1.82) is 0 Å². The Kier molecular flexibility index (Phi) is 6.16. The third-order valence-electron chi connectivity index (χ3n) is 2.39. The first-order valence-electron chi connectivity index (χ1n) is 5.88. The van der Waals surface area contributed by atoms with Gasteiger partial charge < -0.3 is 4.74 Å². The molecule has 0 saturated heterocycles. The van der Waals surface area contributed by atoms with Crippen molar-refractivity contribution in [1.82, 2.24) is 10.2 Å². The maximum atomic E-state index is 5.64. The van der Waals surface area contributed by atoms with Crippen LogP contribution in [0.3, 0.4) is 0 Å². The normalized spacial score (nSPS) is 12.4. The Morgan fingerprint density at radius 3 is 2.69 bits per heavy atom. The van der Waals surface area contributed by atoms with E-state index in [0.29, 0.717) is 11.0 Å². The topological polar surface area (TPSA) is 35.0 Å². The molecule has 1 atom stereocenters. The summed E-state index contributed by atoms with van der Waals surface area (Å²) >= 11 is 5.64. The van der Waals surface area contributed by atoms with E-state index in [-0.39, 0.29) is 6.10 Å². The minimum atomic E-state index is 0.187. The molecule has 16 heavy (non-hydrogen) atoms. The van der Waals surface area contributed by atoms with Crippen LogP contribution in [0.5, 0.6) is 5.88 Å². The van der Waals surface area contributed by atoms with Gasteiger partial charge in [-0.1, -0.05) is 37.8 Å². The lowest BCUT2D eigenvalue weighted by Gasteiger charge is -2.12. The van der Waals surface area contributed by atoms with Gasteiger partial charge in [0.1, 0.15) is 0 Å². The molecular weight excluding hydrogens is 224 g/mol. The molecule has 3 nitrogen and oxygen atoms in total. The zero-order chi connectivity index (χ0) is 11.8. The van der Waals surface area contributed by atoms with E-state index in [2.05, 4.69) is 24.0 Å². The van der Waals surface area contributed by atoms with Gasteiger partial charge in [-0.3, -0.25) is 0 Å². The van der Waals surface area contributed by atoms with Gasteiger partial charge in [-0.05, 0) is 25.8 Å². The fourth-order valence-electron chi connectivity index (χ4n) is 1.49. The van der Waals surface area contributed by atoms with Gasteiger partial charge in [0.15, 0.2) is 5.15 Å².